The van der Waals surface area contributed by atoms with Crippen LogP contribution in [0.3, 0.4) is 0 Å². The molecule has 16 heavy (non-hydrogen) atoms. The number of nitrogens with one attached hydrogen (secondary N) is 1. The molecule has 0 radical (unpaired) electrons. The predicted molar refractivity (Wildman–Crippen MR) is 50.5 cm³/mol. The van der Waals surface area contributed by atoms with E-state index >= 15 is 0 Å². The molecule has 2 rings (SSSR count). The van der Waals surface area contributed by atoms with E-state index in [4.69, 9.17) is 0 Å². The highest BCUT2D eigenvalue weighted by atomic mass is 19.1. The van der Waals surface area contributed by atoms with Gasteiger partial charge in [-0.15, -0.1) is 0 Å². The van der Waals surface area contributed by atoms with E-state index in [1.165, 1.54) is 18.3 Å². The third-order valence-electron chi connectivity index (χ3n) is 2.08. The second-order valence-corrected chi connectivity index (χ2v) is 3.16. The van der Waals surface area contributed by atoms with Gasteiger partial charge in [-0.25, -0.2) is 13.2 Å². The van der Waals surface area contributed by atoms with Crippen molar-refractivity contribution in [3.8, 4) is 0 Å². The predicted octanol–water partition coefficient (Wildman–Crippen LogP) is 2.66. The fourth-order valence-electron chi connectivity index (χ4n) is 1.37. The molecule has 0 aliphatic heterocycles. The van der Waals surface area contributed by atoms with Crippen LogP contribution in [0.5, 0.6) is 0 Å². The average Bonchev–Trinajstić information content (AvgIpc) is 2.67. The molecule has 0 saturated carbocycles. The number of benzene rings is 1. The molecule has 0 aliphatic carbocycles. The first kappa shape index (κ1) is 10.5. The van der Waals surface area contributed by atoms with Crippen LogP contribution >= 0.6 is 0 Å². The Bertz CT molecular complexity index is 511. The molecule has 1 heterocycles. The van der Waals surface area contributed by atoms with E-state index in [-0.39, 0.29) is 5.69 Å². The van der Waals surface area contributed by atoms with Gasteiger partial charge in [0, 0.05) is 18.3 Å². The summed E-state index contributed by atoms with van der Waals surface area (Å²) in [6.45, 7) is 0. The van der Waals surface area contributed by atoms with Crippen LogP contribution in [0.15, 0.2) is 30.5 Å². The SMILES string of the molecule is O=C(c1ccc[nH]1)c1c(F)cc(F)cc1F. The van der Waals surface area contributed by atoms with Crippen molar-refractivity contribution >= 4 is 5.78 Å². The van der Waals surface area contributed by atoms with Gasteiger partial charge in [-0.1, -0.05) is 0 Å². The second-order valence-electron chi connectivity index (χ2n) is 3.16. The molecule has 5 heteroatoms. The summed E-state index contributed by atoms with van der Waals surface area (Å²) in [5, 5.41) is 0. The first-order valence-corrected chi connectivity index (χ1v) is 4.42. The lowest BCUT2D eigenvalue weighted by Gasteiger charge is -2.02. The molecule has 1 aromatic heterocycles. The number of hydrogen-bond donors (Lipinski definition) is 1. The minimum atomic E-state index is -1.21. The van der Waals surface area contributed by atoms with Crippen molar-refractivity contribution in [2.24, 2.45) is 0 Å². The second kappa shape index (κ2) is 3.84. The standard InChI is InChI=1S/C11H6F3NO/c12-6-4-7(13)10(8(14)5-6)11(16)9-2-1-3-15-9/h1-5,15H. The number of carbonyl (C=O) groups excluding carboxylic acids is 1. The van der Waals surface area contributed by atoms with E-state index in [9.17, 15) is 18.0 Å². The normalized spacial score (nSPS) is 10.4. The Kier molecular flexibility index (Phi) is 2.52. The zero-order chi connectivity index (χ0) is 11.7. The lowest BCUT2D eigenvalue weighted by atomic mass is 10.1. The molecular formula is C11H6F3NO. The molecule has 82 valence electrons. The van der Waals surface area contributed by atoms with Gasteiger partial charge in [-0.05, 0) is 12.1 Å². The van der Waals surface area contributed by atoms with Gasteiger partial charge in [0.1, 0.15) is 17.5 Å². The van der Waals surface area contributed by atoms with Crippen molar-refractivity contribution in [2.45, 2.75) is 0 Å². The molecular weight excluding hydrogens is 219 g/mol. The van der Waals surface area contributed by atoms with Gasteiger partial charge in [0.15, 0.2) is 0 Å². The van der Waals surface area contributed by atoms with E-state index in [1.54, 1.807) is 0 Å². The largest absolute Gasteiger partial charge is 0.359 e. The van der Waals surface area contributed by atoms with Gasteiger partial charge in [-0.3, -0.25) is 4.79 Å². The van der Waals surface area contributed by atoms with Crippen LogP contribution in [0, 0.1) is 17.5 Å². The Hall–Kier alpha value is -2.04. The van der Waals surface area contributed by atoms with Crippen molar-refractivity contribution in [3.63, 3.8) is 0 Å². The highest BCUT2D eigenvalue weighted by Gasteiger charge is 2.20. The maximum absolute atomic E-state index is 13.2. The molecule has 2 nitrogen and oxygen atoms in total. The first-order chi connectivity index (χ1) is 7.59. The fraction of sp³-hybridized carbons (Fsp3) is 0. The number of aromatic nitrogens is 1. The van der Waals surface area contributed by atoms with Crippen LogP contribution in [-0.2, 0) is 0 Å². The monoisotopic (exact) mass is 225 g/mol. The third kappa shape index (κ3) is 1.71. The fourth-order valence-corrected chi connectivity index (χ4v) is 1.37. The lowest BCUT2D eigenvalue weighted by molar-refractivity contribution is 0.102. The summed E-state index contributed by atoms with van der Waals surface area (Å²) in [5.74, 6) is -4.33. The number of carbonyl (C=O) groups is 1. The van der Waals surface area contributed by atoms with Gasteiger partial charge in [-0.2, -0.15) is 0 Å². The quantitative estimate of drug-likeness (QED) is 0.783. The zero-order valence-electron chi connectivity index (χ0n) is 7.93. The molecule has 0 bridgehead atoms. The smallest absolute Gasteiger partial charge is 0.215 e. The molecule has 0 aliphatic rings. The van der Waals surface area contributed by atoms with Gasteiger partial charge in [0.05, 0.1) is 11.3 Å². The summed E-state index contributed by atoms with van der Waals surface area (Å²) in [7, 11) is 0. The number of aromatic amines is 1. The highest BCUT2D eigenvalue weighted by molar-refractivity contribution is 6.08. The molecule has 1 N–H and O–H groups in total. The molecule has 0 fully saturated rings. The third-order valence-corrected chi connectivity index (χ3v) is 2.08. The van der Waals surface area contributed by atoms with Crippen molar-refractivity contribution in [1.82, 2.24) is 4.98 Å². The maximum Gasteiger partial charge on any atom is 0.215 e. The van der Waals surface area contributed by atoms with E-state index in [0.29, 0.717) is 12.1 Å². The minimum absolute atomic E-state index is 0.0457. The summed E-state index contributed by atoms with van der Waals surface area (Å²) >= 11 is 0. The van der Waals surface area contributed by atoms with E-state index in [0.717, 1.165) is 0 Å². The molecule has 0 amide bonds. The summed E-state index contributed by atoms with van der Waals surface area (Å²) in [6.07, 6.45) is 1.45. The minimum Gasteiger partial charge on any atom is -0.359 e. The molecule has 0 spiro atoms. The van der Waals surface area contributed by atoms with Gasteiger partial charge in [0.2, 0.25) is 5.78 Å². The lowest BCUT2D eigenvalue weighted by Crippen LogP contribution is -2.08. The summed E-state index contributed by atoms with van der Waals surface area (Å²) in [4.78, 5) is 14.2. The van der Waals surface area contributed by atoms with E-state index in [2.05, 4.69) is 4.98 Å². The average molecular weight is 225 g/mol. The highest BCUT2D eigenvalue weighted by Crippen LogP contribution is 2.17. The molecule has 2 aromatic rings. The van der Waals surface area contributed by atoms with Crippen LogP contribution in [-0.4, -0.2) is 10.8 Å². The van der Waals surface area contributed by atoms with Gasteiger partial charge < -0.3 is 4.98 Å². The zero-order valence-corrected chi connectivity index (χ0v) is 7.93. The molecule has 0 saturated heterocycles. The van der Waals surface area contributed by atoms with Crippen LogP contribution in [0.1, 0.15) is 16.1 Å². The topological polar surface area (TPSA) is 32.9 Å². The summed E-state index contributed by atoms with van der Waals surface area (Å²) < 4.78 is 39.1. The Morgan fingerprint density at radius 2 is 1.75 bits per heavy atom. The number of rotatable bonds is 2. The van der Waals surface area contributed by atoms with Gasteiger partial charge in [0.25, 0.3) is 0 Å². The maximum atomic E-state index is 13.2. The first-order valence-electron chi connectivity index (χ1n) is 4.42. The number of halogens is 3. The van der Waals surface area contributed by atoms with Gasteiger partial charge >= 0.3 is 0 Å². The van der Waals surface area contributed by atoms with Crippen molar-refractivity contribution < 1.29 is 18.0 Å². The Labute approximate surface area is 88.7 Å². The van der Waals surface area contributed by atoms with E-state index < -0.39 is 28.8 Å². The van der Waals surface area contributed by atoms with Crippen molar-refractivity contribution in [1.29, 1.82) is 0 Å². The van der Waals surface area contributed by atoms with Crippen LogP contribution in [0.4, 0.5) is 13.2 Å². The summed E-state index contributed by atoms with van der Waals surface area (Å²) in [6, 6.07) is 3.84. The Morgan fingerprint density at radius 1 is 1.12 bits per heavy atom. The van der Waals surface area contributed by atoms with Crippen molar-refractivity contribution in [2.75, 3.05) is 0 Å². The summed E-state index contributed by atoms with van der Waals surface area (Å²) in [5.41, 5.74) is -0.715. The number of ketones is 1. The van der Waals surface area contributed by atoms with E-state index in [1.807, 2.05) is 0 Å². The Morgan fingerprint density at radius 3 is 2.25 bits per heavy atom. The number of hydrogen-bond acceptors (Lipinski definition) is 1. The molecule has 1 aromatic carbocycles. The molecule has 0 atom stereocenters. The number of H-pyrrole nitrogens is 1. The van der Waals surface area contributed by atoms with Crippen LogP contribution in [0.2, 0.25) is 0 Å². The van der Waals surface area contributed by atoms with Crippen molar-refractivity contribution in [3.05, 3.63) is 59.2 Å². The Balaban J connectivity index is 2.53. The van der Waals surface area contributed by atoms with Crippen LogP contribution < -0.4 is 0 Å². The molecule has 0 unspecified atom stereocenters. The van der Waals surface area contributed by atoms with Crippen LogP contribution in [0.25, 0.3) is 0 Å².